The van der Waals surface area contributed by atoms with Crippen molar-refractivity contribution in [3.63, 3.8) is 0 Å². The first-order chi connectivity index (χ1) is 10.8. The molecule has 0 fully saturated rings. The van der Waals surface area contributed by atoms with Crippen LogP contribution in [0.4, 0.5) is 18.0 Å². The van der Waals surface area contributed by atoms with Gasteiger partial charge in [0.15, 0.2) is 6.61 Å². The average molecular weight is 329 g/mol. The third-order valence-corrected chi connectivity index (χ3v) is 2.78. The maximum atomic E-state index is 12.1. The van der Waals surface area contributed by atoms with E-state index in [-0.39, 0.29) is 19.0 Å². The minimum atomic E-state index is -4.38. The van der Waals surface area contributed by atoms with Crippen LogP contribution in [-0.4, -0.2) is 32.1 Å². The van der Waals surface area contributed by atoms with Crippen molar-refractivity contribution >= 4 is 16.9 Å². The van der Waals surface area contributed by atoms with E-state index in [0.717, 1.165) is 5.39 Å². The van der Waals surface area contributed by atoms with E-state index in [0.29, 0.717) is 11.1 Å². The van der Waals surface area contributed by atoms with Crippen LogP contribution in [0.3, 0.4) is 0 Å². The van der Waals surface area contributed by atoms with Crippen molar-refractivity contribution in [3.05, 3.63) is 36.4 Å². The number of primary amides is 1. The lowest BCUT2D eigenvalue weighted by Gasteiger charge is -2.10. The summed E-state index contributed by atoms with van der Waals surface area (Å²) < 4.78 is 51.0. The molecule has 0 spiro atoms. The van der Waals surface area contributed by atoms with Crippen molar-refractivity contribution in [2.45, 2.75) is 6.18 Å². The number of hydrogen-bond acceptors (Lipinski definition) is 4. The van der Waals surface area contributed by atoms with Crippen LogP contribution in [-0.2, 0) is 4.74 Å². The largest absolute Gasteiger partial charge is 0.490 e. The molecule has 2 aromatic carbocycles. The number of nitrogens with two attached hydrogens (primary N) is 1. The van der Waals surface area contributed by atoms with Crippen molar-refractivity contribution in [2.24, 2.45) is 5.73 Å². The lowest BCUT2D eigenvalue weighted by atomic mass is 10.1. The first-order valence-electron chi connectivity index (χ1n) is 6.62. The van der Waals surface area contributed by atoms with Gasteiger partial charge in [0, 0.05) is 0 Å². The van der Waals surface area contributed by atoms with Crippen LogP contribution in [0.25, 0.3) is 10.8 Å². The van der Waals surface area contributed by atoms with Crippen LogP contribution >= 0.6 is 0 Å². The van der Waals surface area contributed by atoms with Crippen molar-refractivity contribution in [1.82, 2.24) is 0 Å². The van der Waals surface area contributed by atoms with Gasteiger partial charge < -0.3 is 19.9 Å². The third-order valence-electron chi connectivity index (χ3n) is 2.78. The molecule has 0 aromatic heterocycles. The summed E-state index contributed by atoms with van der Waals surface area (Å²) in [7, 11) is 0. The Hall–Kier alpha value is -2.64. The van der Waals surface area contributed by atoms with Crippen molar-refractivity contribution in [1.29, 1.82) is 0 Å². The van der Waals surface area contributed by atoms with Gasteiger partial charge in [-0.3, -0.25) is 0 Å². The lowest BCUT2D eigenvalue weighted by molar-refractivity contribution is -0.153. The molecule has 8 heteroatoms. The highest BCUT2D eigenvalue weighted by Gasteiger charge is 2.28. The SMILES string of the molecule is NC(=O)OCCOc1ccc2cc(OCC(F)(F)F)ccc2c1. The molecule has 5 nitrogen and oxygen atoms in total. The summed E-state index contributed by atoms with van der Waals surface area (Å²) in [5, 5.41) is 1.49. The van der Waals surface area contributed by atoms with Crippen molar-refractivity contribution < 1.29 is 32.2 Å². The second-order valence-electron chi connectivity index (χ2n) is 4.59. The van der Waals surface area contributed by atoms with E-state index in [9.17, 15) is 18.0 Å². The molecule has 0 bridgehead atoms. The van der Waals surface area contributed by atoms with Crippen LogP contribution in [0.5, 0.6) is 11.5 Å². The van der Waals surface area contributed by atoms with Gasteiger partial charge in [-0.2, -0.15) is 13.2 Å². The van der Waals surface area contributed by atoms with Gasteiger partial charge in [0.2, 0.25) is 0 Å². The molecule has 0 aliphatic carbocycles. The van der Waals surface area contributed by atoms with E-state index in [1.807, 2.05) is 0 Å². The second kappa shape index (κ2) is 7.08. The van der Waals surface area contributed by atoms with Crippen LogP contribution < -0.4 is 15.2 Å². The Bertz CT molecular complexity index is 688. The molecule has 1 amide bonds. The maximum absolute atomic E-state index is 12.1. The van der Waals surface area contributed by atoms with Crippen molar-refractivity contribution in [3.8, 4) is 11.5 Å². The fourth-order valence-corrected chi connectivity index (χ4v) is 1.85. The highest BCUT2D eigenvalue weighted by molar-refractivity contribution is 5.85. The number of hydrogen-bond donors (Lipinski definition) is 1. The normalized spacial score (nSPS) is 11.3. The van der Waals surface area contributed by atoms with E-state index in [1.54, 1.807) is 24.3 Å². The van der Waals surface area contributed by atoms with Gasteiger partial charge in [0.1, 0.15) is 24.7 Å². The molecule has 0 heterocycles. The first-order valence-corrected chi connectivity index (χ1v) is 6.62. The Kier molecular flexibility index (Phi) is 5.15. The Morgan fingerprint density at radius 2 is 1.52 bits per heavy atom. The summed E-state index contributed by atoms with van der Waals surface area (Å²) in [4.78, 5) is 10.4. The molecule has 0 atom stereocenters. The zero-order valence-electron chi connectivity index (χ0n) is 11.9. The standard InChI is InChI=1S/C15H14F3NO4/c16-15(17,18)9-23-13-4-2-10-7-12(3-1-11(10)8-13)21-5-6-22-14(19)20/h1-4,7-8H,5-6,9H2,(H2,19,20). The van der Waals surface area contributed by atoms with Crippen LogP contribution in [0.2, 0.25) is 0 Å². The molecule has 23 heavy (non-hydrogen) atoms. The van der Waals surface area contributed by atoms with Crippen LogP contribution in [0, 0.1) is 0 Å². The van der Waals surface area contributed by atoms with Gasteiger partial charge in [-0.05, 0) is 35.0 Å². The van der Waals surface area contributed by atoms with Gasteiger partial charge >= 0.3 is 12.3 Å². The molecule has 2 N–H and O–H groups in total. The summed E-state index contributed by atoms with van der Waals surface area (Å²) >= 11 is 0. The number of carbonyl (C=O) groups excluding carboxylic acids is 1. The Morgan fingerprint density at radius 1 is 0.957 bits per heavy atom. The highest BCUT2D eigenvalue weighted by Crippen LogP contribution is 2.26. The van der Waals surface area contributed by atoms with E-state index in [4.69, 9.17) is 15.2 Å². The number of benzene rings is 2. The van der Waals surface area contributed by atoms with E-state index in [2.05, 4.69) is 4.74 Å². The molecule has 0 aliphatic rings. The van der Waals surface area contributed by atoms with Gasteiger partial charge in [-0.15, -0.1) is 0 Å². The summed E-state index contributed by atoms with van der Waals surface area (Å²) in [6, 6.07) is 9.66. The number of fused-ring (bicyclic) bond motifs is 1. The summed E-state index contributed by atoms with van der Waals surface area (Å²) in [5.74, 6) is 0.674. The molecule has 2 rings (SSSR count). The van der Waals surface area contributed by atoms with Gasteiger partial charge in [-0.25, -0.2) is 4.79 Å². The number of carbonyl (C=O) groups is 1. The number of rotatable bonds is 6. The molecule has 2 aromatic rings. The highest BCUT2D eigenvalue weighted by atomic mass is 19.4. The van der Waals surface area contributed by atoms with Crippen molar-refractivity contribution in [2.75, 3.05) is 19.8 Å². The lowest BCUT2D eigenvalue weighted by Crippen LogP contribution is -2.19. The third kappa shape index (κ3) is 5.57. The molecule has 0 saturated heterocycles. The van der Waals surface area contributed by atoms with Gasteiger partial charge in [-0.1, -0.05) is 12.1 Å². The monoisotopic (exact) mass is 329 g/mol. The van der Waals surface area contributed by atoms with Crippen LogP contribution in [0.15, 0.2) is 36.4 Å². The molecular weight excluding hydrogens is 315 g/mol. The smallest absolute Gasteiger partial charge is 0.422 e. The fourth-order valence-electron chi connectivity index (χ4n) is 1.85. The van der Waals surface area contributed by atoms with E-state index < -0.39 is 18.9 Å². The molecule has 0 radical (unpaired) electrons. The molecule has 0 aliphatic heterocycles. The predicted molar refractivity (Wildman–Crippen MR) is 76.5 cm³/mol. The zero-order valence-corrected chi connectivity index (χ0v) is 11.9. The summed E-state index contributed by atoms with van der Waals surface area (Å²) in [6.45, 7) is -1.17. The maximum Gasteiger partial charge on any atom is 0.422 e. The second-order valence-corrected chi connectivity index (χ2v) is 4.59. The summed E-state index contributed by atoms with van der Waals surface area (Å²) in [5.41, 5.74) is 4.81. The number of halogens is 3. The first kappa shape index (κ1) is 16.7. The Morgan fingerprint density at radius 3 is 2.04 bits per heavy atom. The number of ether oxygens (including phenoxy) is 3. The predicted octanol–water partition coefficient (Wildman–Crippen LogP) is 3.26. The zero-order chi connectivity index (χ0) is 16.9. The van der Waals surface area contributed by atoms with Gasteiger partial charge in [0.25, 0.3) is 0 Å². The minimum Gasteiger partial charge on any atom is -0.490 e. The minimum absolute atomic E-state index is 0.0254. The topological polar surface area (TPSA) is 70.8 Å². The molecule has 0 saturated carbocycles. The Balaban J connectivity index is 1.99. The number of amides is 1. The molecule has 0 unspecified atom stereocenters. The van der Waals surface area contributed by atoms with Gasteiger partial charge in [0.05, 0.1) is 0 Å². The molecular formula is C15H14F3NO4. The quantitative estimate of drug-likeness (QED) is 0.826. The molecule has 124 valence electrons. The van der Waals surface area contributed by atoms with E-state index in [1.165, 1.54) is 12.1 Å². The average Bonchev–Trinajstić information content (AvgIpc) is 2.48. The van der Waals surface area contributed by atoms with E-state index >= 15 is 0 Å². The van der Waals surface area contributed by atoms with Crippen LogP contribution in [0.1, 0.15) is 0 Å². The summed E-state index contributed by atoms with van der Waals surface area (Å²) in [6.07, 6.45) is -5.25. The fraction of sp³-hybridized carbons (Fsp3) is 0.267. The Labute approximate surface area is 129 Å². The number of alkyl halides is 3.